The summed E-state index contributed by atoms with van der Waals surface area (Å²) in [6.45, 7) is 3.52. The molecule has 112 valence electrons. The van der Waals surface area contributed by atoms with Crippen LogP contribution in [0, 0.1) is 6.92 Å². The third-order valence-corrected chi connectivity index (χ3v) is 5.73. The molecule has 1 atom stereocenters. The highest BCUT2D eigenvalue weighted by Gasteiger charge is 2.29. The molecule has 0 aliphatic carbocycles. The number of benzene rings is 1. The highest BCUT2D eigenvalue weighted by molar-refractivity contribution is 7.89. The largest absolute Gasteiger partial charge is 0.496 e. The van der Waals surface area contributed by atoms with E-state index in [0.717, 1.165) is 24.9 Å². The van der Waals surface area contributed by atoms with Crippen LogP contribution in [-0.4, -0.2) is 46.0 Å². The maximum absolute atomic E-state index is 12.6. The van der Waals surface area contributed by atoms with Gasteiger partial charge in [0.2, 0.25) is 10.0 Å². The van der Waals surface area contributed by atoms with E-state index < -0.39 is 10.0 Å². The minimum absolute atomic E-state index is 0.0242. The fourth-order valence-corrected chi connectivity index (χ4v) is 3.99. The van der Waals surface area contributed by atoms with Gasteiger partial charge < -0.3 is 10.1 Å². The Balaban J connectivity index is 2.27. The summed E-state index contributed by atoms with van der Waals surface area (Å²) in [5.41, 5.74) is 0.823. The van der Waals surface area contributed by atoms with E-state index >= 15 is 0 Å². The number of nitrogens with one attached hydrogen (secondary N) is 1. The SMILES string of the molecule is COc1ccc(S(=O)(=O)N(C)C2CCCNC2)cc1C. The first kappa shape index (κ1) is 15.3. The lowest BCUT2D eigenvalue weighted by atomic mass is 10.1. The predicted octanol–water partition coefficient (Wildman–Crippen LogP) is 1.38. The molecule has 1 fully saturated rings. The molecular weight excluding hydrogens is 276 g/mol. The molecule has 1 aliphatic heterocycles. The second-order valence-corrected chi connectivity index (χ2v) is 7.15. The Morgan fingerprint density at radius 1 is 1.40 bits per heavy atom. The number of aryl methyl sites for hydroxylation is 1. The predicted molar refractivity (Wildman–Crippen MR) is 78.6 cm³/mol. The van der Waals surface area contributed by atoms with Crippen molar-refractivity contribution in [2.24, 2.45) is 0 Å². The van der Waals surface area contributed by atoms with E-state index in [1.807, 2.05) is 6.92 Å². The van der Waals surface area contributed by atoms with Gasteiger partial charge in [0.25, 0.3) is 0 Å². The molecule has 0 bridgehead atoms. The van der Waals surface area contributed by atoms with E-state index in [2.05, 4.69) is 5.32 Å². The molecule has 0 amide bonds. The summed E-state index contributed by atoms with van der Waals surface area (Å²) >= 11 is 0. The Morgan fingerprint density at radius 3 is 2.70 bits per heavy atom. The van der Waals surface area contributed by atoms with Crippen molar-refractivity contribution in [1.29, 1.82) is 0 Å². The maximum atomic E-state index is 12.6. The lowest BCUT2D eigenvalue weighted by molar-refractivity contribution is 0.300. The van der Waals surface area contributed by atoms with Crippen molar-refractivity contribution in [2.45, 2.75) is 30.7 Å². The number of hydrogen-bond acceptors (Lipinski definition) is 4. The van der Waals surface area contributed by atoms with Gasteiger partial charge in [0, 0.05) is 19.6 Å². The molecule has 5 nitrogen and oxygen atoms in total. The number of piperidine rings is 1. The van der Waals surface area contributed by atoms with Gasteiger partial charge in [-0.3, -0.25) is 0 Å². The van der Waals surface area contributed by atoms with Crippen molar-refractivity contribution in [3.8, 4) is 5.75 Å². The normalized spacial score (nSPS) is 20.1. The fraction of sp³-hybridized carbons (Fsp3) is 0.571. The van der Waals surface area contributed by atoms with Gasteiger partial charge in [-0.25, -0.2) is 8.42 Å². The second-order valence-electron chi connectivity index (χ2n) is 5.15. The maximum Gasteiger partial charge on any atom is 0.243 e. The first-order valence-corrected chi connectivity index (χ1v) is 8.24. The molecule has 1 aromatic rings. The van der Waals surface area contributed by atoms with Crippen LogP contribution in [0.4, 0.5) is 0 Å². The van der Waals surface area contributed by atoms with Gasteiger partial charge in [-0.2, -0.15) is 4.31 Å². The summed E-state index contributed by atoms with van der Waals surface area (Å²) in [6, 6.07) is 5.00. The van der Waals surface area contributed by atoms with Crippen molar-refractivity contribution >= 4 is 10.0 Å². The van der Waals surface area contributed by atoms with Gasteiger partial charge in [-0.1, -0.05) is 0 Å². The molecular formula is C14H22N2O3S. The molecule has 0 aromatic heterocycles. The van der Waals surface area contributed by atoms with E-state index in [9.17, 15) is 8.42 Å². The zero-order valence-electron chi connectivity index (χ0n) is 12.2. The molecule has 0 spiro atoms. The van der Waals surface area contributed by atoms with Gasteiger partial charge in [-0.15, -0.1) is 0 Å². The molecule has 0 radical (unpaired) electrons. The lowest BCUT2D eigenvalue weighted by Gasteiger charge is -2.31. The number of likely N-dealkylation sites (N-methyl/N-ethyl adjacent to an activating group) is 1. The van der Waals surface area contributed by atoms with Crippen molar-refractivity contribution < 1.29 is 13.2 Å². The van der Waals surface area contributed by atoms with Crippen LogP contribution in [0.2, 0.25) is 0 Å². The average molecular weight is 298 g/mol. The van der Waals surface area contributed by atoms with E-state index in [1.165, 1.54) is 4.31 Å². The number of sulfonamides is 1. The molecule has 1 heterocycles. The first-order valence-electron chi connectivity index (χ1n) is 6.80. The molecule has 1 N–H and O–H groups in total. The number of rotatable bonds is 4. The third-order valence-electron chi connectivity index (χ3n) is 3.83. The monoisotopic (exact) mass is 298 g/mol. The summed E-state index contributed by atoms with van der Waals surface area (Å²) in [5.74, 6) is 0.700. The molecule has 1 unspecified atom stereocenters. The minimum atomic E-state index is -3.45. The van der Waals surface area contributed by atoms with Crippen molar-refractivity contribution in [3.63, 3.8) is 0 Å². The van der Waals surface area contributed by atoms with Crippen LogP contribution in [-0.2, 0) is 10.0 Å². The van der Waals surface area contributed by atoms with E-state index in [4.69, 9.17) is 4.74 Å². The average Bonchev–Trinajstić information content (AvgIpc) is 2.47. The van der Waals surface area contributed by atoms with Crippen molar-refractivity contribution in [2.75, 3.05) is 27.2 Å². The van der Waals surface area contributed by atoms with E-state index in [0.29, 0.717) is 17.2 Å². The molecule has 2 rings (SSSR count). The smallest absolute Gasteiger partial charge is 0.243 e. The third kappa shape index (κ3) is 2.97. The summed E-state index contributed by atoms with van der Waals surface area (Å²) in [5, 5.41) is 3.24. The topological polar surface area (TPSA) is 58.6 Å². The zero-order chi connectivity index (χ0) is 14.8. The van der Waals surface area contributed by atoms with Crippen LogP contribution in [0.25, 0.3) is 0 Å². The van der Waals surface area contributed by atoms with Gasteiger partial charge in [0.05, 0.1) is 12.0 Å². The minimum Gasteiger partial charge on any atom is -0.496 e. The summed E-state index contributed by atoms with van der Waals surface area (Å²) < 4.78 is 31.9. The fourth-order valence-electron chi connectivity index (χ4n) is 2.52. The number of hydrogen-bond donors (Lipinski definition) is 1. The molecule has 1 aliphatic rings. The highest BCUT2D eigenvalue weighted by atomic mass is 32.2. The molecule has 6 heteroatoms. The summed E-state index contributed by atoms with van der Waals surface area (Å²) in [7, 11) is -0.209. The summed E-state index contributed by atoms with van der Waals surface area (Å²) in [4.78, 5) is 0.323. The molecule has 1 saturated heterocycles. The van der Waals surface area contributed by atoms with E-state index in [-0.39, 0.29) is 6.04 Å². The number of ether oxygens (including phenoxy) is 1. The second kappa shape index (κ2) is 6.11. The van der Waals surface area contributed by atoms with Crippen molar-refractivity contribution in [1.82, 2.24) is 9.62 Å². The summed E-state index contributed by atoms with van der Waals surface area (Å²) in [6.07, 6.45) is 1.91. The Labute approximate surface area is 121 Å². The quantitative estimate of drug-likeness (QED) is 0.912. The molecule has 1 aromatic carbocycles. The van der Waals surface area contributed by atoms with Crippen LogP contribution in [0.3, 0.4) is 0 Å². The Morgan fingerprint density at radius 2 is 2.15 bits per heavy atom. The van der Waals surface area contributed by atoms with Gasteiger partial charge in [-0.05, 0) is 50.1 Å². The van der Waals surface area contributed by atoms with Crippen LogP contribution >= 0.6 is 0 Å². The van der Waals surface area contributed by atoms with Crippen molar-refractivity contribution in [3.05, 3.63) is 23.8 Å². The first-order chi connectivity index (χ1) is 9.46. The number of nitrogens with zero attached hydrogens (tertiary/aromatic N) is 1. The number of methoxy groups -OCH3 is 1. The molecule has 0 saturated carbocycles. The Kier molecular flexibility index (Phi) is 4.67. The van der Waals surface area contributed by atoms with E-state index in [1.54, 1.807) is 32.4 Å². The van der Waals surface area contributed by atoms with Gasteiger partial charge >= 0.3 is 0 Å². The molecule has 20 heavy (non-hydrogen) atoms. The highest BCUT2D eigenvalue weighted by Crippen LogP contribution is 2.25. The van der Waals surface area contributed by atoms with Gasteiger partial charge in [0.15, 0.2) is 0 Å². The zero-order valence-corrected chi connectivity index (χ0v) is 13.0. The van der Waals surface area contributed by atoms with Gasteiger partial charge in [0.1, 0.15) is 5.75 Å². The standard InChI is InChI=1S/C14H22N2O3S/c1-11-9-13(6-7-14(11)19-3)20(17,18)16(2)12-5-4-8-15-10-12/h6-7,9,12,15H,4-5,8,10H2,1-3H3. The Hall–Kier alpha value is -1.11. The van der Waals surface area contributed by atoms with Crippen LogP contribution in [0.1, 0.15) is 18.4 Å². The lowest BCUT2D eigenvalue weighted by Crippen LogP contribution is -2.46. The van der Waals surface area contributed by atoms with Crippen LogP contribution in [0.5, 0.6) is 5.75 Å². The van der Waals surface area contributed by atoms with Crippen LogP contribution < -0.4 is 10.1 Å². The Bertz CT molecular complexity index is 566. The van der Waals surface area contributed by atoms with Crippen LogP contribution in [0.15, 0.2) is 23.1 Å².